The van der Waals surface area contributed by atoms with Gasteiger partial charge >= 0.3 is 5.97 Å². The molecule has 6 heteroatoms. The van der Waals surface area contributed by atoms with Crippen molar-refractivity contribution in [2.24, 2.45) is 0 Å². The molecule has 0 saturated heterocycles. The number of fused-ring (bicyclic) bond motifs is 2. The van der Waals surface area contributed by atoms with E-state index in [1.807, 2.05) is 37.3 Å². The van der Waals surface area contributed by atoms with E-state index >= 15 is 0 Å². The summed E-state index contributed by atoms with van der Waals surface area (Å²) in [5.74, 6) is 1.55. The van der Waals surface area contributed by atoms with E-state index in [4.69, 9.17) is 9.47 Å². The zero-order chi connectivity index (χ0) is 16.7. The van der Waals surface area contributed by atoms with Crippen LogP contribution < -0.4 is 9.47 Å². The van der Waals surface area contributed by atoms with E-state index in [0.29, 0.717) is 23.8 Å². The Kier molecular flexibility index (Phi) is 3.84. The first kappa shape index (κ1) is 15.3. The zero-order valence-corrected chi connectivity index (χ0v) is 15.0. The van der Waals surface area contributed by atoms with Gasteiger partial charge in [-0.2, -0.15) is 0 Å². The highest BCUT2D eigenvalue weighted by molar-refractivity contribution is 14.1. The lowest BCUT2D eigenvalue weighted by Gasteiger charge is -2.21. The van der Waals surface area contributed by atoms with E-state index in [0.717, 1.165) is 20.0 Å². The lowest BCUT2D eigenvalue weighted by atomic mass is 9.95. The van der Waals surface area contributed by atoms with Crippen LogP contribution in [-0.2, 0) is 4.79 Å². The lowest BCUT2D eigenvalue weighted by molar-refractivity contribution is -0.135. The number of hydrogen-bond acceptors (Lipinski definition) is 5. The van der Waals surface area contributed by atoms with Gasteiger partial charge in [-0.1, -0.05) is 13.0 Å². The SMILES string of the molecule is CC1CC(=O)Oc2cc(Oc3ncnc4ccc(I)cc34)ccc21. The Labute approximate surface area is 152 Å². The fourth-order valence-corrected chi connectivity index (χ4v) is 3.29. The van der Waals surface area contributed by atoms with Crippen LogP contribution >= 0.6 is 22.6 Å². The molecule has 1 aromatic heterocycles. The largest absolute Gasteiger partial charge is 0.438 e. The summed E-state index contributed by atoms with van der Waals surface area (Å²) in [6.45, 7) is 2.01. The highest BCUT2D eigenvalue weighted by Crippen LogP contribution is 2.38. The summed E-state index contributed by atoms with van der Waals surface area (Å²) in [5.41, 5.74) is 1.84. The van der Waals surface area contributed by atoms with Crippen LogP contribution in [0.4, 0.5) is 0 Å². The summed E-state index contributed by atoms with van der Waals surface area (Å²) in [7, 11) is 0. The third-order valence-electron chi connectivity index (χ3n) is 3.99. The summed E-state index contributed by atoms with van der Waals surface area (Å²) < 4.78 is 12.3. The first-order chi connectivity index (χ1) is 11.6. The van der Waals surface area contributed by atoms with Crippen molar-refractivity contribution in [1.82, 2.24) is 9.97 Å². The molecule has 0 N–H and O–H groups in total. The first-order valence-corrected chi connectivity index (χ1v) is 8.61. The molecule has 0 saturated carbocycles. The molecule has 0 spiro atoms. The fourth-order valence-electron chi connectivity index (χ4n) is 2.80. The number of rotatable bonds is 2. The summed E-state index contributed by atoms with van der Waals surface area (Å²) in [6.07, 6.45) is 1.88. The number of halogens is 1. The smallest absolute Gasteiger partial charge is 0.311 e. The van der Waals surface area contributed by atoms with Gasteiger partial charge in [0.15, 0.2) is 0 Å². The fraction of sp³-hybridized carbons (Fsp3) is 0.167. The number of ether oxygens (including phenoxy) is 2. The Morgan fingerprint density at radius 1 is 1.21 bits per heavy atom. The van der Waals surface area contributed by atoms with Crippen molar-refractivity contribution < 1.29 is 14.3 Å². The summed E-state index contributed by atoms with van der Waals surface area (Å²) >= 11 is 2.24. The molecule has 3 aromatic rings. The molecule has 1 aliphatic heterocycles. The van der Waals surface area contributed by atoms with Crippen molar-refractivity contribution >= 4 is 39.5 Å². The number of carbonyl (C=O) groups is 1. The average molecular weight is 432 g/mol. The van der Waals surface area contributed by atoms with Gasteiger partial charge in [-0.05, 0) is 58.3 Å². The summed E-state index contributed by atoms with van der Waals surface area (Å²) in [4.78, 5) is 20.1. The average Bonchev–Trinajstić information content (AvgIpc) is 2.55. The second-order valence-corrected chi connectivity index (χ2v) is 6.97. The van der Waals surface area contributed by atoms with Crippen molar-refractivity contribution in [2.75, 3.05) is 0 Å². The molecule has 24 heavy (non-hydrogen) atoms. The van der Waals surface area contributed by atoms with Crippen LogP contribution in [0.1, 0.15) is 24.8 Å². The molecule has 1 unspecified atom stereocenters. The van der Waals surface area contributed by atoms with Gasteiger partial charge in [0.2, 0.25) is 5.88 Å². The van der Waals surface area contributed by atoms with Crippen LogP contribution in [-0.4, -0.2) is 15.9 Å². The van der Waals surface area contributed by atoms with Crippen LogP contribution in [0.15, 0.2) is 42.7 Å². The minimum Gasteiger partial charge on any atom is -0.438 e. The second-order valence-electron chi connectivity index (χ2n) is 5.72. The number of nitrogens with zero attached hydrogens (tertiary/aromatic N) is 2. The van der Waals surface area contributed by atoms with Gasteiger partial charge in [-0.15, -0.1) is 0 Å². The Hall–Kier alpha value is -2.22. The van der Waals surface area contributed by atoms with Gasteiger partial charge in [0, 0.05) is 9.64 Å². The Bertz CT molecular complexity index is 958. The third kappa shape index (κ3) is 2.82. The number of carbonyl (C=O) groups excluding carboxylic acids is 1. The van der Waals surface area contributed by atoms with E-state index in [2.05, 4.69) is 32.6 Å². The van der Waals surface area contributed by atoms with Crippen molar-refractivity contribution in [1.29, 1.82) is 0 Å². The molecule has 0 fully saturated rings. The van der Waals surface area contributed by atoms with Gasteiger partial charge < -0.3 is 9.47 Å². The van der Waals surface area contributed by atoms with Gasteiger partial charge in [-0.25, -0.2) is 9.97 Å². The normalized spacial score (nSPS) is 16.6. The van der Waals surface area contributed by atoms with Crippen molar-refractivity contribution in [3.05, 3.63) is 51.9 Å². The van der Waals surface area contributed by atoms with Crippen LogP contribution in [0.25, 0.3) is 10.9 Å². The van der Waals surface area contributed by atoms with E-state index in [9.17, 15) is 4.79 Å². The summed E-state index contributed by atoms with van der Waals surface area (Å²) in [5, 5.41) is 0.840. The molecule has 120 valence electrons. The maximum atomic E-state index is 11.6. The van der Waals surface area contributed by atoms with Crippen molar-refractivity contribution in [2.45, 2.75) is 19.3 Å². The molecule has 5 nitrogen and oxygen atoms in total. The van der Waals surface area contributed by atoms with Gasteiger partial charge in [0.1, 0.15) is 17.8 Å². The maximum absolute atomic E-state index is 11.6. The van der Waals surface area contributed by atoms with Gasteiger partial charge in [0.25, 0.3) is 0 Å². The van der Waals surface area contributed by atoms with Crippen LogP contribution in [0.3, 0.4) is 0 Å². The Morgan fingerprint density at radius 2 is 2.08 bits per heavy atom. The number of benzene rings is 2. The van der Waals surface area contributed by atoms with Gasteiger partial charge in [0.05, 0.1) is 17.3 Å². The molecule has 0 aliphatic carbocycles. The zero-order valence-electron chi connectivity index (χ0n) is 12.8. The van der Waals surface area contributed by atoms with Crippen LogP contribution in [0.2, 0.25) is 0 Å². The Balaban J connectivity index is 1.73. The Morgan fingerprint density at radius 3 is 2.96 bits per heavy atom. The van der Waals surface area contributed by atoms with E-state index in [-0.39, 0.29) is 11.9 Å². The molecule has 4 rings (SSSR count). The maximum Gasteiger partial charge on any atom is 0.311 e. The minimum absolute atomic E-state index is 0.150. The predicted octanol–water partition coefficient (Wildman–Crippen LogP) is 4.44. The number of hydrogen-bond donors (Lipinski definition) is 0. The topological polar surface area (TPSA) is 61.3 Å². The molecular formula is C18H13IN2O3. The molecule has 2 heterocycles. The number of aromatic nitrogens is 2. The van der Waals surface area contributed by atoms with Gasteiger partial charge in [-0.3, -0.25) is 4.79 Å². The molecule has 1 aliphatic rings. The van der Waals surface area contributed by atoms with E-state index < -0.39 is 0 Å². The first-order valence-electron chi connectivity index (χ1n) is 7.53. The molecule has 0 amide bonds. The standard InChI is InChI=1S/C18H13IN2O3/c1-10-6-17(22)24-16-8-12(3-4-13(10)16)23-18-14-7-11(19)2-5-15(14)20-9-21-18/h2-5,7-10H,6H2,1H3. The van der Waals surface area contributed by atoms with Crippen LogP contribution in [0, 0.1) is 3.57 Å². The summed E-state index contributed by atoms with van der Waals surface area (Å²) in [6, 6.07) is 11.4. The van der Waals surface area contributed by atoms with E-state index in [1.54, 1.807) is 6.07 Å². The quantitative estimate of drug-likeness (QED) is 0.341. The van der Waals surface area contributed by atoms with Crippen LogP contribution in [0.5, 0.6) is 17.4 Å². The highest BCUT2D eigenvalue weighted by Gasteiger charge is 2.24. The predicted molar refractivity (Wildman–Crippen MR) is 97.4 cm³/mol. The molecule has 0 bridgehead atoms. The van der Waals surface area contributed by atoms with Crippen molar-refractivity contribution in [3.63, 3.8) is 0 Å². The molecule has 1 atom stereocenters. The highest BCUT2D eigenvalue weighted by atomic mass is 127. The second kappa shape index (κ2) is 6.01. The van der Waals surface area contributed by atoms with E-state index in [1.165, 1.54) is 6.33 Å². The van der Waals surface area contributed by atoms with Crippen molar-refractivity contribution in [3.8, 4) is 17.4 Å². The number of esters is 1. The minimum atomic E-state index is -0.214. The molecular weight excluding hydrogens is 419 g/mol. The lowest BCUT2D eigenvalue weighted by Crippen LogP contribution is -2.18. The monoisotopic (exact) mass is 432 g/mol. The molecule has 2 aromatic carbocycles. The molecule has 0 radical (unpaired) electrons. The third-order valence-corrected chi connectivity index (χ3v) is 4.66.